The lowest BCUT2D eigenvalue weighted by molar-refractivity contribution is 0.798. The Labute approximate surface area is 99.1 Å². The van der Waals surface area contributed by atoms with Gasteiger partial charge in [0.15, 0.2) is 0 Å². The second-order valence-electron chi connectivity index (χ2n) is 2.78. The Balaban J connectivity index is 2.24. The zero-order chi connectivity index (χ0) is 9.97. The van der Waals surface area contributed by atoms with Gasteiger partial charge in [0.2, 0.25) is 0 Å². The van der Waals surface area contributed by atoms with Crippen molar-refractivity contribution in [2.24, 2.45) is 0 Å². The molecule has 2 rings (SSSR count). The summed E-state index contributed by atoms with van der Waals surface area (Å²) in [6.45, 7) is 0.836. The van der Waals surface area contributed by atoms with E-state index in [4.69, 9.17) is 0 Å². The first-order chi connectivity index (χ1) is 6.79. The Hall–Kier alpha value is -0.230. The van der Waals surface area contributed by atoms with Gasteiger partial charge in [-0.1, -0.05) is 0 Å². The van der Waals surface area contributed by atoms with Gasteiger partial charge in [0.05, 0.1) is 14.4 Å². The van der Waals surface area contributed by atoms with Gasteiger partial charge in [0.25, 0.3) is 0 Å². The lowest BCUT2D eigenvalue weighted by atomic mass is 10.4. The van der Waals surface area contributed by atoms with Crippen LogP contribution in [0.1, 0.15) is 5.69 Å². The van der Waals surface area contributed by atoms with Crippen molar-refractivity contribution in [3.63, 3.8) is 0 Å². The van der Waals surface area contributed by atoms with Crippen LogP contribution >= 0.6 is 38.6 Å². The number of thiazole rings is 1. The number of nitrogens with zero attached hydrogens (tertiary/aromatic N) is 1. The molecule has 0 spiro atoms. The maximum atomic E-state index is 4.53. The summed E-state index contributed by atoms with van der Waals surface area (Å²) in [7, 11) is 1.93. The third kappa shape index (κ3) is 2.23. The van der Waals surface area contributed by atoms with Gasteiger partial charge in [-0.15, -0.1) is 22.7 Å². The minimum atomic E-state index is 0.836. The summed E-state index contributed by atoms with van der Waals surface area (Å²) in [6.07, 6.45) is 0. The van der Waals surface area contributed by atoms with Crippen LogP contribution in [0, 0.1) is 0 Å². The van der Waals surface area contributed by atoms with Crippen LogP contribution < -0.4 is 5.32 Å². The molecule has 14 heavy (non-hydrogen) atoms. The van der Waals surface area contributed by atoms with Crippen LogP contribution in [-0.2, 0) is 6.54 Å². The third-order valence-electron chi connectivity index (χ3n) is 1.69. The van der Waals surface area contributed by atoms with E-state index in [1.165, 1.54) is 4.88 Å². The third-order valence-corrected chi connectivity index (χ3v) is 4.38. The molecule has 0 aliphatic rings. The molecule has 0 amide bonds. The standard InChI is InChI=1S/C9H9BrN2S2/c1-11-4-6-5-13-9(12-6)7-2-3-8(10)14-7/h2-3,5,11H,4H2,1H3. The van der Waals surface area contributed by atoms with Crippen LogP contribution in [0.3, 0.4) is 0 Å². The smallest absolute Gasteiger partial charge is 0.133 e. The first-order valence-electron chi connectivity index (χ1n) is 4.14. The average molecular weight is 289 g/mol. The summed E-state index contributed by atoms with van der Waals surface area (Å²) >= 11 is 6.86. The monoisotopic (exact) mass is 288 g/mol. The number of hydrogen-bond donors (Lipinski definition) is 1. The van der Waals surface area contributed by atoms with Crippen molar-refractivity contribution in [1.82, 2.24) is 10.3 Å². The quantitative estimate of drug-likeness (QED) is 0.937. The number of halogens is 1. The van der Waals surface area contributed by atoms with Crippen molar-refractivity contribution in [2.45, 2.75) is 6.54 Å². The summed E-state index contributed by atoms with van der Waals surface area (Å²) in [5.41, 5.74) is 1.11. The molecule has 2 nitrogen and oxygen atoms in total. The highest BCUT2D eigenvalue weighted by Gasteiger charge is 2.06. The first kappa shape index (κ1) is 10.3. The van der Waals surface area contributed by atoms with Crippen molar-refractivity contribution in [3.05, 3.63) is 27.0 Å². The van der Waals surface area contributed by atoms with Crippen LogP contribution in [0.2, 0.25) is 0 Å². The lowest BCUT2D eigenvalue weighted by Gasteiger charge is -1.91. The molecule has 0 saturated carbocycles. The van der Waals surface area contributed by atoms with Crippen molar-refractivity contribution in [1.29, 1.82) is 0 Å². The van der Waals surface area contributed by atoms with Gasteiger partial charge in [-0.25, -0.2) is 4.98 Å². The highest BCUT2D eigenvalue weighted by molar-refractivity contribution is 9.11. The Kier molecular flexibility index (Phi) is 3.33. The molecule has 0 aliphatic heterocycles. The predicted octanol–water partition coefficient (Wildman–Crippen LogP) is 3.35. The zero-order valence-corrected chi connectivity index (χ0v) is 10.8. The molecular weight excluding hydrogens is 280 g/mol. The predicted molar refractivity (Wildman–Crippen MR) is 65.9 cm³/mol. The van der Waals surface area contributed by atoms with Gasteiger partial charge < -0.3 is 5.32 Å². The van der Waals surface area contributed by atoms with E-state index in [1.807, 2.05) is 7.05 Å². The second kappa shape index (κ2) is 4.53. The van der Waals surface area contributed by atoms with E-state index in [9.17, 15) is 0 Å². The Bertz CT molecular complexity index is 422. The fraction of sp³-hybridized carbons (Fsp3) is 0.222. The van der Waals surface area contributed by atoms with Gasteiger partial charge in [0, 0.05) is 11.9 Å². The van der Waals surface area contributed by atoms with Crippen LogP contribution in [0.25, 0.3) is 9.88 Å². The topological polar surface area (TPSA) is 24.9 Å². The summed E-state index contributed by atoms with van der Waals surface area (Å²) in [4.78, 5) is 5.76. The average Bonchev–Trinajstić information content (AvgIpc) is 2.74. The number of hydrogen-bond acceptors (Lipinski definition) is 4. The van der Waals surface area contributed by atoms with Gasteiger partial charge in [-0.2, -0.15) is 0 Å². The maximum absolute atomic E-state index is 4.53. The number of nitrogens with one attached hydrogen (secondary N) is 1. The van der Waals surface area contributed by atoms with E-state index in [0.29, 0.717) is 0 Å². The summed E-state index contributed by atoms with van der Waals surface area (Å²) in [5.74, 6) is 0. The van der Waals surface area contributed by atoms with Gasteiger partial charge in [0.1, 0.15) is 5.01 Å². The molecule has 74 valence electrons. The molecule has 2 aromatic heterocycles. The maximum Gasteiger partial charge on any atom is 0.133 e. The summed E-state index contributed by atoms with van der Waals surface area (Å²) in [5, 5.41) is 6.29. The first-order valence-corrected chi connectivity index (χ1v) is 6.63. The zero-order valence-electron chi connectivity index (χ0n) is 7.58. The molecule has 0 unspecified atom stereocenters. The molecule has 0 saturated heterocycles. The van der Waals surface area contributed by atoms with E-state index in [2.05, 4.69) is 43.7 Å². The van der Waals surface area contributed by atoms with Gasteiger partial charge >= 0.3 is 0 Å². The van der Waals surface area contributed by atoms with E-state index in [0.717, 1.165) is 21.0 Å². The number of thiophene rings is 1. The molecule has 0 atom stereocenters. The highest BCUT2D eigenvalue weighted by atomic mass is 79.9. The molecule has 0 aromatic carbocycles. The summed E-state index contributed by atoms with van der Waals surface area (Å²) in [6, 6.07) is 4.15. The van der Waals surface area contributed by atoms with E-state index in [-0.39, 0.29) is 0 Å². The van der Waals surface area contributed by atoms with Crippen LogP contribution in [0.4, 0.5) is 0 Å². The molecule has 0 aliphatic carbocycles. The largest absolute Gasteiger partial charge is 0.314 e. The molecule has 5 heteroatoms. The van der Waals surface area contributed by atoms with Gasteiger partial charge in [-0.05, 0) is 35.1 Å². The van der Waals surface area contributed by atoms with E-state index < -0.39 is 0 Å². The molecule has 0 bridgehead atoms. The van der Waals surface area contributed by atoms with Gasteiger partial charge in [-0.3, -0.25) is 0 Å². The number of aromatic nitrogens is 1. The van der Waals surface area contributed by atoms with Crippen molar-refractivity contribution >= 4 is 38.6 Å². The van der Waals surface area contributed by atoms with E-state index in [1.54, 1.807) is 22.7 Å². The Morgan fingerprint density at radius 2 is 2.36 bits per heavy atom. The normalized spacial score (nSPS) is 10.7. The second-order valence-corrected chi connectivity index (χ2v) is 6.10. The highest BCUT2D eigenvalue weighted by Crippen LogP contribution is 2.32. The lowest BCUT2D eigenvalue weighted by Crippen LogP contribution is -2.04. The molecule has 0 radical (unpaired) electrons. The number of rotatable bonds is 3. The summed E-state index contributed by atoms with van der Waals surface area (Å²) < 4.78 is 1.15. The molecule has 0 fully saturated rings. The molecular formula is C9H9BrN2S2. The van der Waals surface area contributed by atoms with Crippen LogP contribution in [0.5, 0.6) is 0 Å². The van der Waals surface area contributed by atoms with Crippen molar-refractivity contribution in [3.8, 4) is 9.88 Å². The Morgan fingerprint density at radius 1 is 1.50 bits per heavy atom. The minimum absolute atomic E-state index is 0.836. The SMILES string of the molecule is CNCc1csc(-c2ccc(Br)s2)n1. The van der Waals surface area contributed by atoms with Crippen LogP contribution in [0.15, 0.2) is 21.3 Å². The van der Waals surface area contributed by atoms with Crippen molar-refractivity contribution in [2.75, 3.05) is 7.05 Å². The molecule has 2 heterocycles. The molecule has 2 aromatic rings. The van der Waals surface area contributed by atoms with Crippen LogP contribution in [-0.4, -0.2) is 12.0 Å². The molecule has 1 N–H and O–H groups in total. The minimum Gasteiger partial charge on any atom is -0.314 e. The van der Waals surface area contributed by atoms with E-state index >= 15 is 0 Å². The Morgan fingerprint density at radius 3 is 3.00 bits per heavy atom. The van der Waals surface area contributed by atoms with Crippen molar-refractivity contribution < 1.29 is 0 Å². The fourth-order valence-electron chi connectivity index (χ4n) is 1.11. The fourth-order valence-corrected chi connectivity index (χ4v) is 3.39.